The zero-order valence-corrected chi connectivity index (χ0v) is 12.1. The van der Waals surface area contributed by atoms with E-state index in [0.29, 0.717) is 18.2 Å². The van der Waals surface area contributed by atoms with Crippen molar-refractivity contribution in [3.8, 4) is 0 Å². The molecule has 0 aliphatic carbocycles. The minimum atomic E-state index is 0.353. The number of hydrogen-bond donors (Lipinski definition) is 1. The molecule has 0 radical (unpaired) electrons. The second-order valence-corrected chi connectivity index (χ2v) is 5.16. The van der Waals surface area contributed by atoms with E-state index >= 15 is 0 Å². The molecule has 0 spiro atoms. The van der Waals surface area contributed by atoms with Gasteiger partial charge in [0.05, 0.1) is 17.7 Å². The lowest BCUT2D eigenvalue weighted by molar-refractivity contribution is 0.178. The number of hydrogen-bond acceptors (Lipinski definition) is 7. The summed E-state index contributed by atoms with van der Waals surface area (Å²) >= 11 is 1.64. The fraction of sp³-hybridized carbons (Fsp3) is 0.417. The normalized spacial score (nSPS) is 10.7. The number of nitrogen functional groups attached to an aromatic ring is 1. The number of ether oxygens (including phenoxy) is 1. The highest BCUT2D eigenvalue weighted by Gasteiger charge is 2.10. The van der Waals surface area contributed by atoms with Crippen LogP contribution in [0.25, 0.3) is 0 Å². The molecule has 0 aliphatic rings. The molecule has 0 unspecified atom stereocenters. The summed E-state index contributed by atoms with van der Waals surface area (Å²) in [5.41, 5.74) is 8.69. The molecule has 19 heavy (non-hydrogen) atoms. The van der Waals surface area contributed by atoms with E-state index in [1.54, 1.807) is 24.5 Å². The molecule has 0 fully saturated rings. The summed E-state index contributed by atoms with van der Waals surface area (Å²) in [6, 6.07) is 1.76. The zero-order valence-electron chi connectivity index (χ0n) is 11.3. The molecule has 2 aromatic heterocycles. The van der Waals surface area contributed by atoms with E-state index < -0.39 is 0 Å². The smallest absolute Gasteiger partial charge is 0.158 e. The fourth-order valence-electron chi connectivity index (χ4n) is 1.67. The summed E-state index contributed by atoms with van der Waals surface area (Å²) in [4.78, 5) is 16.0. The Hall–Kier alpha value is -1.73. The summed E-state index contributed by atoms with van der Waals surface area (Å²) in [7, 11) is 3.58. The Labute approximate surface area is 116 Å². The van der Waals surface area contributed by atoms with Gasteiger partial charge in [0.15, 0.2) is 5.82 Å². The average Bonchev–Trinajstić information content (AvgIpc) is 2.75. The van der Waals surface area contributed by atoms with Crippen molar-refractivity contribution in [3.63, 3.8) is 0 Å². The predicted molar refractivity (Wildman–Crippen MR) is 76.1 cm³/mol. The Balaban J connectivity index is 2.18. The van der Waals surface area contributed by atoms with Gasteiger partial charge in [-0.1, -0.05) is 0 Å². The maximum atomic E-state index is 5.79. The van der Waals surface area contributed by atoms with E-state index in [4.69, 9.17) is 10.5 Å². The minimum absolute atomic E-state index is 0.353. The van der Waals surface area contributed by atoms with Crippen LogP contribution in [0.4, 0.5) is 11.6 Å². The molecule has 2 aromatic rings. The summed E-state index contributed by atoms with van der Waals surface area (Å²) in [5.74, 6) is 1.82. The van der Waals surface area contributed by atoms with Gasteiger partial charge in [-0.2, -0.15) is 0 Å². The van der Waals surface area contributed by atoms with Crippen LogP contribution >= 0.6 is 11.3 Å². The molecule has 2 heterocycles. The summed E-state index contributed by atoms with van der Waals surface area (Å²) < 4.78 is 5.04. The molecule has 0 aromatic carbocycles. The number of aryl methyl sites for hydroxylation is 1. The van der Waals surface area contributed by atoms with Gasteiger partial charge in [0.2, 0.25) is 0 Å². The molecule has 0 saturated carbocycles. The lowest BCUT2D eigenvalue weighted by Gasteiger charge is -2.18. The summed E-state index contributed by atoms with van der Waals surface area (Å²) in [5, 5.41) is 0. The Morgan fingerprint density at radius 1 is 1.42 bits per heavy atom. The zero-order chi connectivity index (χ0) is 13.8. The first-order valence-corrected chi connectivity index (χ1v) is 6.70. The van der Waals surface area contributed by atoms with E-state index in [1.807, 2.05) is 24.4 Å². The van der Waals surface area contributed by atoms with Crippen molar-refractivity contribution < 1.29 is 4.74 Å². The van der Waals surface area contributed by atoms with Crippen LogP contribution in [0.5, 0.6) is 0 Å². The van der Waals surface area contributed by atoms with Crippen molar-refractivity contribution in [2.75, 3.05) is 24.8 Å². The third-order valence-electron chi connectivity index (χ3n) is 2.67. The van der Waals surface area contributed by atoms with E-state index in [9.17, 15) is 0 Å². The first-order chi connectivity index (χ1) is 9.10. The maximum absolute atomic E-state index is 5.79. The van der Waals surface area contributed by atoms with Gasteiger partial charge < -0.3 is 15.4 Å². The number of methoxy groups -OCH3 is 1. The van der Waals surface area contributed by atoms with Crippen molar-refractivity contribution in [1.29, 1.82) is 0 Å². The standard InChI is InChI=1S/C12H17N5OS/c1-8-9(19-7-14-8)5-17(2)12-4-10(13)15-11(16-12)6-18-3/h4,7H,5-6H2,1-3H3,(H2,13,15,16). The first kappa shape index (κ1) is 13.7. The van der Waals surface area contributed by atoms with Gasteiger partial charge in [0.1, 0.15) is 18.2 Å². The fourth-order valence-corrected chi connectivity index (χ4v) is 2.50. The van der Waals surface area contributed by atoms with Crippen LogP contribution in [-0.2, 0) is 17.9 Å². The third-order valence-corrected chi connectivity index (χ3v) is 3.59. The molecule has 0 bridgehead atoms. The highest BCUT2D eigenvalue weighted by Crippen LogP contribution is 2.19. The predicted octanol–water partition coefficient (Wildman–Crippen LogP) is 1.61. The van der Waals surface area contributed by atoms with Crippen molar-refractivity contribution in [2.24, 2.45) is 0 Å². The second-order valence-electron chi connectivity index (χ2n) is 4.22. The van der Waals surface area contributed by atoms with Gasteiger partial charge in [0.25, 0.3) is 0 Å². The van der Waals surface area contributed by atoms with Crippen LogP contribution in [0, 0.1) is 6.92 Å². The Morgan fingerprint density at radius 3 is 2.84 bits per heavy atom. The van der Waals surface area contributed by atoms with E-state index in [-0.39, 0.29) is 0 Å². The first-order valence-electron chi connectivity index (χ1n) is 5.82. The van der Waals surface area contributed by atoms with Gasteiger partial charge in [0, 0.05) is 25.1 Å². The topological polar surface area (TPSA) is 77.2 Å². The number of aromatic nitrogens is 3. The van der Waals surface area contributed by atoms with E-state index in [0.717, 1.165) is 18.1 Å². The van der Waals surface area contributed by atoms with Crippen LogP contribution in [-0.4, -0.2) is 29.1 Å². The molecule has 7 heteroatoms. The average molecular weight is 279 g/mol. The van der Waals surface area contributed by atoms with Crippen molar-refractivity contribution in [2.45, 2.75) is 20.1 Å². The van der Waals surface area contributed by atoms with Gasteiger partial charge in [-0.3, -0.25) is 0 Å². The van der Waals surface area contributed by atoms with Crippen LogP contribution in [0.15, 0.2) is 11.6 Å². The van der Waals surface area contributed by atoms with E-state index in [2.05, 4.69) is 15.0 Å². The Morgan fingerprint density at radius 2 is 2.21 bits per heavy atom. The molecule has 6 nitrogen and oxygen atoms in total. The lowest BCUT2D eigenvalue weighted by Crippen LogP contribution is -2.19. The molecule has 102 valence electrons. The molecule has 0 saturated heterocycles. The molecule has 0 aliphatic heterocycles. The van der Waals surface area contributed by atoms with Crippen molar-refractivity contribution >= 4 is 23.0 Å². The van der Waals surface area contributed by atoms with Crippen LogP contribution in [0.3, 0.4) is 0 Å². The quantitative estimate of drug-likeness (QED) is 0.896. The Kier molecular flexibility index (Phi) is 4.28. The number of anilines is 2. The monoisotopic (exact) mass is 279 g/mol. The van der Waals surface area contributed by atoms with Crippen molar-refractivity contribution in [3.05, 3.63) is 28.0 Å². The molecule has 0 amide bonds. The molecular weight excluding hydrogens is 262 g/mol. The Bertz CT molecular complexity index is 557. The van der Waals surface area contributed by atoms with Crippen LogP contribution in [0.1, 0.15) is 16.4 Å². The van der Waals surface area contributed by atoms with Gasteiger partial charge >= 0.3 is 0 Å². The third kappa shape index (κ3) is 3.39. The molecule has 2 N–H and O–H groups in total. The van der Waals surface area contributed by atoms with Crippen LogP contribution < -0.4 is 10.6 Å². The molecule has 2 rings (SSSR count). The van der Waals surface area contributed by atoms with Crippen LogP contribution in [0.2, 0.25) is 0 Å². The van der Waals surface area contributed by atoms with Gasteiger partial charge in [-0.15, -0.1) is 11.3 Å². The SMILES string of the molecule is COCc1nc(N)cc(N(C)Cc2scnc2C)n1. The molecular formula is C12H17N5OS. The lowest BCUT2D eigenvalue weighted by atomic mass is 10.3. The number of rotatable bonds is 5. The number of nitrogens with two attached hydrogens (primary N) is 1. The summed E-state index contributed by atoms with van der Waals surface area (Å²) in [6.45, 7) is 3.11. The van der Waals surface area contributed by atoms with Crippen molar-refractivity contribution in [1.82, 2.24) is 15.0 Å². The second kappa shape index (κ2) is 5.94. The minimum Gasteiger partial charge on any atom is -0.384 e. The number of thiazole rings is 1. The largest absolute Gasteiger partial charge is 0.384 e. The maximum Gasteiger partial charge on any atom is 0.158 e. The highest BCUT2D eigenvalue weighted by molar-refractivity contribution is 7.09. The highest BCUT2D eigenvalue weighted by atomic mass is 32.1. The van der Waals surface area contributed by atoms with E-state index in [1.165, 1.54) is 4.88 Å². The van der Waals surface area contributed by atoms with Gasteiger partial charge in [-0.05, 0) is 6.92 Å². The number of nitrogens with zero attached hydrogens (tertiary/aromatic N) is 4. The molecule has 0 atom stereocenters. The summed E-state index contributed by atoms with van der Waals surface area (Å²) in [6.07, 6.45) is 0. The van der Waals surface area contributed by atoms with Gasteiger partial charge in [-0.25, -0.2) is 15.0 Å².